The van der Waals surface area contributed by atoms with Gasteiger partial charge in [0.15, 0.2) is 0 Å². The van der Waals surface area contributed by atoms with Gasteiger partial charge >= 0.3 is 190 Å². The Morgan fingerprint density at radius 1 is 1.09 bits per heavy atom. The standard InChI is InChI=1S/C26H31N2O3P/c1-19-14-22(16-27)15-20(2)24(19)28-25(30)26(10-11-26)32(12-6-7-13-32)18-23(29)31-17-21-8-4-3-5-9-21/h3-5,8-9,14-15,32H,6-7,10-13,17-18H2,1-2H3,(H,28,30). The average Bonchev–Trinajstić information content (AvgIpc) is 3.49. The number of hydrogen-bond donors (Lipinski definition) is 1. The zero-order chi connectivity index (χ0) is 22.8. The Labute approximate surface area is 190 Å². The third-order valence-electron chi connectivity index (χ3n) is 7.39. The number of anilines is 1. The van der Waals surface area contributed by atoms with E-state index in [-0.39, 0.29) is 23.6 Å². The Hall–Kier alpha value is -2.70. The summed E-state index contributed by atoms with van der Waals surface area (Å²) in [6.45, 7) is 4.13. The number of hydrogen-bond acceptors (Lipinski definition) is 4. The van der Waals surface area contributed by atoms with Gasteiger partial charge in [-0.05, 0) is 0 Å². The monoisotopic (exact) mass is 450 g/mol. The summed E-state index contributed by atoms with van der Waals surface area (Å²) in [5, 5.41) is 12.0. The molecule has 32 heavy (non-hydrogen) atoms. The van der Waals surface area contributed by atoms with Crippen molar-refractivity contribution in [1.29, 1.82) is 5.26 Å². The quantitative estimate of drug-likeness (QED) is 0.479. The van der Waals surface area contributed by atoms with Crippen LogP contribution in [-0.4, -0.2) is 35.5 Å². The summed E-state index contributed by atoms with van der Waals surface area (Å²) in [7, 11) is -2.16. The maximum absolute atomic E-state index is 13.6. The number of rotatable bonds is 7. The average molecular weight is 451 g/mol. The van der Waals surface area contributed by atoms with Crippen molar-refractivity contribution in [3.05, 3.63) is 64.7 Å². The van der Waals surface area contributed by atoms with E-state index in [2.05, 4.69) is 11.4 Å². The topological polar surface area (TPSA) is 79.2 Å². The van der Waals surface area contributed by atoms with Crippen LogP contribution in [0, 0.1) is 25.2 Å². The van der Waals surface area contributed by atoms with Crippen molar-refractivity contribution in [2.75, 3.05) is 23.8 Å². The summed E-state index contributed by atoms with van der Waals surface area (Å²) in [5.74, 6) is -0.0925. The van der Waals surface area contributed by atoms with Gasteiger partial charge in [0.05, 0.1) is 0 Å². The molecular weight excluding hydrogens is 419 g/mol. The van der Waals surface area contributed by atoms with E-state index in [9.17, 15) is 14.9 Å². The molecule has 2 aromatic carbocycles. The first-order chi connectivity index (χ1) is 15.4. The molecule has 0 spiro atoms. The molecule has 1 amide bonds. The molecule has 4 rings (SSSR count). The van der Waals surface area contributed by atoms with Crippen molar-refractivity contribution in [1.82, 2.24) is 0 Å². The number of nitriles is 1. The van der Waals surface area contributed by atoms with Crippen LogP contribution in [0.2, 0.25) is 0 Å². The molecule has 0 bridgehead atoms. The number of carbonyl (C=O) groups excluding carboxylic acids is 2. The summed E-state index contributed by atoms with van der Waals surface area (Å²) >= 11 is 0. The van der Waals surface area contributed by atoms with Crippen molar-refractivity contribution in [2.24, 2.45) is 0 Å². The van der Waals surface area contributed by atoms with Gasteiger partial charge in [-0.25, -0.2) is 0 Å². The van der Waals surface area contributed by atoms with Crippen molar-refractivity contribution in [3.63, 3.8) is 0 Å². The molecule has 1 N–H and O–H groups in total. The number of nitrogens with one attached hydrogen (secondary N) is 1. The summed E-state index contributed by atoms with van der Waals surface area (Å²) < 4.78 is 5.63. The van der Waals surface area contributed by atoms with Crippen LogP contribution in [0.5, 0.6) is 0 Å². The molecule has 1 saturated heterocycles. The summed E-state index contributed by atoms with van der Waals surface area (Å²) in [6, 6.07) is 15.5. The van der Waals surface area contributed by atoms with Gasteiger partial charge in [0, 0.05) is 0 Å². The molecule has 168 valence electrons. The number of ether oxygens (including phenoxy) is 1. The Balaban J connectivity index is 1.50. The molecule has 6 heteroatoms. The van der Waals surface area contributed by atoms with E-state index in [1.165, 1.54) is 0 Å². The van der Waals surface area contributed by atoms with E-state index in [0.29, 0.717) is 11.7 Å². The third-order valence-corrected chi connectivity index (χ3v) is 13.7. The second-order valence-electron chi connectivity index (χ2n) is 9.44. The number of benzene rings is 2. The van der Waals surface area contributed by atoms with E-state index in [1.54, 1.807) is 0 Å². The van der Waals surface area contributed by atoms with Gasteiger partial charge < -0.3 is 0 Å². The fourth-order valence-corrected chi connectivity index (χ4v) is 11.7. The second-order valence-corrected chi connectivity index (χ2v) is 14.3. The first kappa shape index (κ1) is 22.5. The minimum atomic E-state index is -2.16. The molecule has 0 atom stereocenters. The zero-order valence-electron chi connectivity index (χ0n) is 18.9. The zero-order valence-corrected chi connectivity index (χ0v) is 19.9. The molecule has 2 aliphatic rings. The second kappa shape index (κ2) is 9.04. The fourth-order valence-electron chi connectivity index (χ4n) is 5.52. The van der Waals surface area contributed by atoms with Crippen molar-refractivity contribution < 1.29 is 14.3 Å². The number of amides is 1. The van der Waals surface area contributed by atoms with Crippen molar-refractivity contribution in [2.45, 2.75) is 51.3 Å². The van der Waals surface area contributed by atoms with Crippen LogP contribution in [-0.2, 0) is 20.9 Å². The van der Waals surface area contributed by atoms with Gasteiger partial charge in [-0.1, -0.05) is 0 Å². The minimum absolute atomic E-state index is 0.0674. The van der Waals surface area contributed by atoms with Crippen molar-refractivity contribution in [3.8, 4) is 6.07 Å². The number of esters is 1. The van der Waals surface area contributed by atoms with Gasteiger partial charge in [-0.15, -0.1) is 0 Å². The fraction of sp³-hybridized carbons (Fsp3) is 0.423. The Morgan fingerprint density at radius 3 is 2.28 bits per heavy atom. The van der Waals surface area contributed by atoms with Gasteiger partial charge in [0.1, 0.15) is 0 Å². The van der Waals surface area contributed by atoms with Crippen LogP contribution in [0.25, 0.3) is 0 Å². The first-order valence-electron chi connectivity index (χ1n) is 11.4. The normalized spacial score (nSPS) is 18.9. The Morgan fingerprint density at radius 2 is 1.72 bits per heavy atom. The number of nitrogens with zero attached hydrogens (tertiary/aromatic N) is 1. The number of aryl methyl sites for hydroxylation is 2. The molecule has 1 aliphatic heterocycles. The number of carbonyl (C=O) groups is 2. The molecule has 0 aromatic heterocycles. The van der Waals surface area contributed by atoms with E-state index in [1.807, 2.05) is 56.3 Å². The molecule has 0 radical (unpaired) electrons. The Bertz CT molecular complexity index is 1040. The maximum atomic E-state index is 13.6. The molecular formula is C26H31N2O3P. The van der Waals surface area contributed by atoms with Gasteiger partial charge in [-0.2, -0.15) is 0 Å². The molecule has 1 heterocycles. The predicted octanol–water partition coefficient (Wildman–Crippen LogP) is 4.93. The van der Waals surface area contributed by atoms with Crippen LogP contribution in [0.4, 0.5) is 5.69 Å². The van der Waals surface area contributed by atoms with Gasteiger partial charge in [-0.3, -0.25) is 0 Å². The van der Waals surface area contributed by atoms with Gasteiger partial charge in [0.2, 0.25) is 0 Å². The van der Waals surface area contributed by atoms with E-state index < -0.39 is 7.26 Å². The van der Waals surface area contributed by atoms with Crippen LogP contribution in [0.3, 0.4) is 0 Å². The molecule has 1 aliphatic carbocycles. The predicted molar refractivity (Wildman–Crippen MR) is 130 cm³/mol. The van der Waals surface area contributed by atoms with E-state index in [0.717, 1.165) is 60.4 Å². The van der Waals surface area contributed by atoms with Crippen LogP contribution in [0.15, 0.2) is 42.5 Å². The first-order valence-corrected chi connectivity index (χ1v) is 14.0. The Kier molecular flexibility index (Phi) is 6.35. The van der Waals surface area contributed by atoms with E-state index in [4.69, 9.17) is 4.74 Å². The van der Waals surface area contributed by atoms with Crippen LogP contribution >= 0.6 is 7.26 Å². The van der Waals surface area contributed by atoms with Crippen LogP contribution < -0.4 is 5.32 Å². The summed E-state index contributed by atoms with van der Waals surface area (Å²) in [4.78, 5) is 26.5. The molecule has 1 saturated carbocycles. The SMILES string of the molecule is Cc1cc(C#N)cc(C)c1NC(=O)C1([PH]2(CC(=O)OCc3ccccc3)CCCC2)CC1. The van der Waals surface area contributed by atoms with Crippen LogP contribution in [0.1, 0.15) is 47.9 Å². The van der Waals surface area contributed by atoms with E-state index >= 15 is 0 Å². The summed E-state index contributed by atoms with van der Waals surface area (Å²) in [6.07, 6.45) is 6.40. The molecule has 2 fully saturated rings. The molecule has 5 nitrogen and oxygen atoms in total. The third kappa shape index (κ3) is 4.30. The summed E-state index contributed by atoms with van der Waals surface area (Å²) in [5.41, 5.74) is 4.18. The molecule has 0 unspecified atom stereocenters. The van der Waals surface area contributed by atoms with Gasteiger partial charge in [0.25, 0.3) is 0 Å². The molecule has 2 aromatic rings. The van der Waals surface area contributed by atoms with Crippen molar-refractivity contribution >= 4 is 24.8 Å².